The number of Topliss-reactive ketones (excluding diaryl/α,β-unsaturated/α-hetero) is 1. The average Bonchev–Trinajstić information content (AvgIpc) is 3.26. The zero-order valence-electron chi connectivity index (χ0n) is 16.4. The second-order valence-corrected chi connectivity index (χ2v) is 7.34. The molecule has 1 saturated heterocycles. The summed E-state index contributed by atoms with van der Waals surface area (Å²) in [4.78, 5) is 40.7. The number of nitrogens with zero attached hydrogens (tertiary/aromatic N) is 1. The van der Waals surface area contributed by atoms with Gasteiger partial charge in [-0.05, 0) is 44.2 Å². The Balaban J connectivity index is 1.64. The first kappa shape index (κ1) is 20.1. The van der Waals surface area contributed by atoms with Crippen LogP contribution in [0.5, 0.6) is 5.75 Å². The van der Waals surface area contributed by atoms with E-state index in [9.17, 15) is 14.4 Å². The Morgan fingerprint density at radius 3 is 2.75 bits per heavy atom. The Morgan fingerprint density at radius 2 is 2.04 bits per heavy atom. The minimum atomic E-state index is -0.605. The Bertz CT molecular complexity index is 889. The first-order valence-corrected chi connectivity index (χ1v) is 9.73. The molecule has 28 heavy (non-hydrogen) atoms. The number of carbonyl (C=O) groups excluding carboxylic acids is 3. The van der Waals surface area contributed by atoms with Gasteiger partial charge in [-0.25, -0.2) is 0 Å². The number of aryl methyl sites for hydroxylation is 1. The maximum absolute atomic E-state index is 12.7. The largest absolute Gasteiger partial charge is 0.424 e. The van der Waals surface area contributed by atoms with Crippen LogP contribution in [0.15, 0.2) is 24.3 Å². The third-order valence-corrected chi connectivity index (χ3v) is 5.27. The first-order chi connectivity index (χ1) is 13.4. The van der Waals surface area contributed by atoms with Gasteiger partial charge < -0.3 is 20.4 Å². The number of benzene rings is 1. The normalized spacial score (nSPS) is 17.7. The van der Waals surface area contributed by atoms with Crippen LogP contribution in [-0.4, -0.2) is 46.2 Å². The van der Waals surface area contributed by atoms with Crippen molar-refractivity contribution in [1.29, 1.82) is 0 Å². The summed E-state index contributed by atoms with van der Waals surface area (Å²) in [5, 5.41) is 0.858. The zero-order chi connectivity index (χ0) is 20.3. The molecule has 1 fully saturated rings. The highest BCUT2D eigenvalue weighted by Gasteiger charge is 2.34. The molecule has 3 rings (SSSR count). The molecule has 0 aliphatic carbocycles. The lowest BCUT2D eigenvalue weighted by atomic mass is 9.98. The number of esters is 1. The molecule has 3 N–H and O–H groups in total. The van der Waals surface area contributed by atoms with Gasteiger partial charge in [-0.3, -0.25) is 14.4 Å². The molecule has 2 aromatic rings. The number of aromatic nitrogens is 1. The van der Waals surface area contributed by atoms with Crippen LogP contribution in [0, 0.1) is 0 Å². The van der Waals surface area contributed by atoms with Crippen molar-refractivity contribution < 1.29 is 19.1 Å². The highest BCUT2D eigenvalue weighted by atomic mass is 16.5. The summed E-state index contributed by atoms with van der Waals surface area (Å²) in [5.41, 5.74) is 7.86. The lowest BCUT2D eigenvalue weighted by Crippen LogP contribution is -2.46. The molecule has 1 amide bonds. The Labute approximate surface area is 164 Å². The Kier molecular flexibility index (Phi) is 6.14. The minimum absolute atomic E-state index is 0.0652. The molecule has 1 aliphatic rings. The van der Waals surface area contributed by atoms with E-state index in [-0.39, 0.29) is 17.7 Å². The number of amides is 1. The van der Waals surface area contributed by atoms with E-state index >= 15 is 0 Å². The monoisotopic (exact) mass is 385 g/mol. The molecule has 0 bridgehead atoms. The number of hydrogen-bond donors (Lipinski definition) is 2. The number of rotatable bonds is 7. The summed E-state index contributed by atoms with van der Waals surface area (Å²) >= 11 is 0. The minimum Gasteiger partial charge on any atom is -0.424 e. The van der Waals surface area contributed by atoms with Gasteiger partial charge >= 0.3 is 5.97 Å². The van der Waals surface area contributed by atoms with Gasteiger partial charge in [0, 0.05) is 31.3 Å². The van der Waals surface area contributed by atoms with Crippen molar-refractivity contribution in [3.8, 4) is 5.75 Å². The molecule has 0 saturated carbocycles. The third-order valence-electron chi connectivity index (χ3n) is 5.27. The van der Waals surface area contributed by atoms with Gasteiger partial charge in [-0.1, -0.05) is 12.1 Å². The van der Waals surface area contributed by atoms with Crippen LogP contribution in [-0.2, 0) is 20.8 Å². The number of H-pyrrole nitrogens is 1. The molecule has 0 spiro atoms. The van der Waals surface area contributed by atoms with Crippen LogP contribution < -0.4 is 10.5 Å². The van der Waals surface area contributed by atoms with Crippen LogP contribution in [0.1, 0.15) is 45.2 Å². The van der Waals surface area contributed by atoms with Crippen LogP contribution in [0.25, 0.3) is 10.9 Å². The standard InChI is InChI=1S/C21H27N3O4/c1-13(25)24-12-6-11-19(24)20(27)16(22)8-5-10-18-21(28-14(2)26)15-7-3-4-9-17(15)23-18/h3-4,7,9,16,19,23H,5-6,8,10-12,22H2,1-2H3. The van der Waals surface area contributed by atoms with Gasteiger partial charge in [0.1, 0.15) is 0 Å². The van der Waals surface area contributed by atoms with E-state index in [1.54, 1.807) is 4.90 Å². The third kappa shape index (κ3) is 4.25. The quantitative estimate of drug-likeness (QED) is 0.712. The number of carbonyl (C=O) groups is 3. The molecule has 150 valence electrons. The number of nitrogens with two attached hydrogens (primary N) is 1. The first-order valence-electron chi connectivity index (χ1n) is 9.73. The lowest BCUT2D eigenvalue weighted by molar-refractivity contribution is -0.136. The van der Waals surface area contributed by atoms with Gasteiger partial charge in [0.2, 0.25) is 5.91 Å². The van der Waals surface area contributed by atoms with E-state index in [0.29, 0.717) is 38.0 Å². The second kappa shape index (κ2) is 8.56. The summed E-state index contributed by atoms with van der Waals surface area (Å²) in [7, 11) is 0. The molecular formula is C21H27N3O4. The fraction of sp³-hybridized carbons (Fsp3) is 0.476. The van der Waals surface area contributed by atoms with Crippen molar-refractivity contribution in [3.05, 3.63) is 30.0 Å². The highest BCUT2D eigenvalue weighted by molar-refractivity contribution is 5.92. The van der Waals surface area contributed by atoms with E-state index in [2.05, 4.69) is 4.98 Å². The number of ether oxygens (including phenoxy) is 1. The van der Waals surface area contributed by atoms with Crippen molar-refractivity contribution >= 4 is 28.6 Å². The van der Waals surface area contributed by atoms with Crippen LogP contribution in [0.4, 0.5) is 0 Å². The maximum Gasteiger partial charge on any atom is 0.308 e. The fourth-order valence-electron chi connectivity index (χ4n) is 3.94. The number of para-hydroxylation sites is 1. The molecule has 7 heteroatoms. The summed E-state index contributed by atoms with van der Waals surface area (Å²) in [6.07, 6.45) is 3.31. The van der Waals surface area contributed by atoms with Gasteiger partial charge in [0.25, 0.3) is 0 Å². The van der Waals surface area contributed by atoms with E-state index in [1.165, 1.54) is 13.8 Å². The SMILES string of the molecule is CC(=O)Oc1c(CCCC(N)C(=O)C2CCCN2C(C)=O)[nH]c2ccccc12. The predicted octanol–water partition coefficient (Wildman–Crippen LogP) is 2.32. The number of nitrogens with one attached hydrogen (secondary N) is 1. The topological polar surface area (TPSA) is 105 Å². The van der Waals surface area contributed by atoms with E-state index in [0.717, 1.165) is 23.0 Å². The lowest BCUT2D eigenvalue weighted by Gasteiger charge is -2.24. The van der Waals surface area contributed by atoms with Crippen molar-refractivity contribution in [2.45, 2.75) is 58.0 Å². The number of aromatic amines is 1. The van der Waals surface area contributed by atoms with Crippen LogP contribution >= 0.6 is 0 Å². The van der Waals surface area contributed by atoms with E-state index < -0.39 is 12.1 Å². The van der Waals surface area contributed by atoms with Gasteiger partial charge in [-0.15, -0.1) is 0 Å². The van der Waals surface area contributed by atoms with Crippen molar-refractivity contribution in [3.63, 3.8) is 0 Å². The smallest absolute Gasteiger partial charge is 0.308 e. The number of ketones is 1. The molecule has 1 aliphatic heterocycles. The number of fused-ring (bicyclic) bond motifs is 1. The van der Waals surface area contributed by atoms with Gasteiger partial charge in [0.15, 0.2) is 11.5 Å². The summed E-state index contributed by atoms with van der Waals surface area (Å²) in [6, 6.07) is 6.64. The second-order valence-electron chi connectivity index (χ2n) is 7.34. The fourth-order valence-corrected chi connectivity index (χ4v) is 3.94. The summed E-state index contributed by atoms with van der Waals surface area (Å²) < 4.78 is 5.41. The Hall–Kier alpha value is -2.67. The molecule has 0 radical (unpaired) electrons. The van der Waals surface area contributed by atoms with Gasteiger partial charge in [-0.2, -0.15) is 0 Å². The molecular weight excluding hydrogens is 358 g/mol. The van der Waals surface area contributed by atoms with Gasteiger partial charge in [0.05, 0.1) is 17.8 Å². The molecule has 1 aromatic heterocycles. The molecule has 2 unspecified atom stereocenters. The zero-order valence-corrected chi connectivity index (χ0v) is 16.4. The highest BCUT2D eigenvalue weighted by Crippen LogP contribution is 2.31. The van der Waals surface area contributed by atoms with Crippen LogP contribution in [0.3, 0.4) is 0 Å². The van der Waals surface area contributed by atoms with Crippen molar-refractivity contribution in [2.24, 2.45) is 5.73 Å². The van der Waals surface area contributed by atoms with E-state index in [4.69, 9.17) is 10.5 Å². The molecule has 2 heterocycles. The molecule has 7 nitrogen and oxygen atoms in total. The Morgan fingerprint density at radius 1 is 1.29 bits per heavy atom. The summed E-state index contributed by atoms with van der Waals surface area (Å²) in [5.74, 6) is 0.0293. The maximum atomic E-state index is 12.7. The van der Waals surface area contributed by atoms with Crippen molar-refractivity contribution in [1.82, 2.24) is 9.88 Å². The van der Waals surface area contributed by atoms with Crippen molar-refractivity contribution in [2.75, 3.05) is 6.54 Å². The van der Waals surface area contributed by atoms with E-state index in [1.807, 2.05) is 24.3 Å². The van der Waals surface area contributed by atoms with Crippen LogP contribution in [0.2, 0.25) is 0 Å². The predicted molar refractivity (Wildman–Crippen MR) is 106 cm³/mol. The number of hydrogen-bond acceptors (Lipinski definition) is 5. The number of likely N-dealkylation sites (tertiary alicyclic amines) is 1. The molecule has 1 aromatic carbocycles. The average molecular weight is 385 g/mol. The molecule has 2 atom stereocenters. The summed E-state index contributed by atoms with van der Waals surface area (Å²) in [6.45, 7) is 3.49.